The SMILES string of the molecule is O=C(O)C1CCC1n1ccc2cccc(Cl)c21. The van der Waals surface area contributed by atoms with Crippen molar-refractivity contribution in [3.63, 3.8) is 0 Å². The molecule has 1 aromatic heterocycles. The van der Waals surface area contributed by atoms with Crippen LogP contribution in [0.1, 0.15) is 18.9 Å². The minimum absolute atomic E-state index is 0.0462. The molecule has 17 heavy (non-hydrogen) atoms. The summed E-state index contributed by atoms with van der Waals surface area (Å²) in [5.41, 5.74) is 0.949. The van der Waals surface area contributed by atoms with Gasteiger partial charge in [-0.1, -0.05) is 23.7 Å². The molecule has 2 aromatic rings. The number of hydrogen-bond acceptors (Lipinski definition) is 1. The van der Waals surface area contributed by atoms with E-state index in [1.807, 2.05) is 35.0 Å². The number of nitrogens with zero attached hydrogens (tertiary/aromatic N) is 1. The van der Waals surface area contributed by atoms with Gasteiger partial charge in [-0.3, -0.25) is 4.79 Å². The zero-order chi connectivity index (χ0) is 12.0. The fraction of sp³-hybridized carbons (Fsp3) is 0.308. The zero-order valence-corrected chi connectivity index (χ0v) is 9.89. The molecular weight excluding hydrogens is 238 g/mol. The molecule has 88 valence electrons. The predicted octanol–water partition coefficient (Wildman–Crippen LogP) is 3.33. The van der Waals surface area contributed by atoms with E-state index in [-0.39, 0.29) is 12.0 Å². The molecule has 0 saturated heterocycles. The summed E-state index contributed by atoms with van der Waals surface area (Å²) in [6, 6.07) is 7.77. The van der Waals surface area contributed by atoms with Crippen LogP contribution < -0.4 is 0 Å². The number of aromatic nitrogens is 1. The van der Waals surface area contributed by atoms with Crippen LogP contribution in [-0.4, -0.2) is 15.6 Å². The number of fused-ring (bicyclic) bond motifs is 1. The molecule has 1 aliphatic carbocycles. The van der Waals surface area contributed by atoms with Crippen LogP contribution >= 0.6 is 11.6 Å². The Balaban J connectivity index is 2.09. The highest BCUT2D eigenvalue weighted by molar-refractivity contribution is 6.35. The summed E-state index contributed by atoms with van der Waals surface area (Å²) >= 11 is 6.19. The van der Waals surface area contributed by atoms with E-state index >= 15 is 0 Å². The Morgan fingerprint density at radius 2 is 2.18 bits per heavy atom. The van der Waals surface area contributed by atoms with Gasteiger partial charge in [0.05, 0.1) is 16.5 Å². The summed E-state index contributed by atoms with van der Waals surface area (Å²) in [4.78, 5) is 11.1. The first kappa shape index (κ1) is 10.7. The van der Waals surface area contributed by atoms with E-state index in [0.717, 1.165) is 23.7 Å². The Hall–Kier alpha value is -1.48. The largest absolute Gasteiger partial charge is 0.481 e. The molecule has 2 atom stereocenters. The van der Waals surface area contributed by atoms with Crippen molar-refractivity contribution in [3.8, 4) is 0 Å². The normalized spacial score (nSPS) is 23.6. The molecule has 0 radical (unpaired) electrons. The van der Waals surface area contributed by atoms with Gasteiger partial charge in [-0.05, 0) is 25.0 Å². The van der Waals surface area contributed by atoms with Crippen molar-refractivity contribution in [1.29, 1.82) is 0 Å². The van der Waals surface area contributed by atoms with Crippen molar-refractivity contribution in [2.24, 2.45) is 5.92 Å². The molecule has 0 aliphatic heterocycles. The lowest BCUT2D eigenvalue weighted by atomic mass is 9.79. The van der Waals surface area contributed by atoms with Crippen molar-refractivity contribution >= 4 is 28.5 Å². The predicted molar refractivity (Wildman–Crippen MR) is 66.3 cm³/mol. The molecule has 1 aromatic carbocycles. The topological polar surface area (TPSA) is 42.2 Å². The lowest BCUT2D eigenvalue weighted by Gasteiger charge is -2.35. The van der Waals surface area contributed by atoms with Crippen LogP contribution in [0.2, 0.25) is 5.02 Å². The highest BCUT2D eigenvalue weighted by atomic mass is 35.5. The number of para-hydroxylation sites is 1. The Morgan fingerprint density at radius 1 is 1.35 bits per heavy atom. The van der Waals surface area contributed by atoms with Crippen molar-refractivity contribution in [2.45, 2.75) is 18.9 Å². The lowest BCUT2D eigenvalue weighted by Crippen LogP contribution is -2.34. The van der Waals surface area contributed by atoms with Crippen molar-refractivity contribution in [1.82, 2.24) is 4.57 Å². The van der Waals surface area contributed by atoms with E-state index < -0.39 is 5.97 Å². The summed E-state index contributed by atoms with van der Waals surface area (Å²) in [5, 5.41) is 10.8. The average molecular weight is 250 g/mol. The van der Waals surface area contributed by atoms with E-state index in [4.69, 9.17) is 16.7 Å². The van der Waals surface area contributed by atoms with Gasteiger partial charge in [0.15, 0.2) is 0 Å². The number of halogens is 1. The number of aliphatic carboxylic acids is 1. The summed E-state index contributed by atoms with van der Waals surface area (Å²) < 4.78 is 2.01. The fourth-order valence-electron chi connectivity index (χ4n) is 2.55. The van der Waals surface area contributed by atoms with Crippen LogP contribution in [0.15, 0.2) is 30.5 Å². The van der Waals surface area contributed by atoms with Gasteiger partial charge < -0.3 is 9.67 Å². The van der Waals surface area contributed by atoms with Gasteiger partial charge in [-0.15, -0.1) is 0 Å². The first-order valence-electron chi connectivity index (χ1n) is 5.66. The van der Waals surface area contributed by atoms with Gasteiger partial charge in [-0.25, -0.2) is 0 Å². The average Bonchev–Trinajstić information content (AvgIpc) is 2.61. The maximum absolute atomic E-state index is 11.1. The number of benzene rings is 1. The molecular formula is C13H12ClNO2. The van der Waals surface area contributed by atoms with E-state index in [9.17, 15) is 4.79 Å². The number of carboxylic acid groups (broad SMARTS) is 1. The quantitative estimate of drug-likeness (QED) is 0.887. The molecule has 3 nitrogen and oxygen atoms in total. The van der Waals surface area contributed by atoms with E-state index in [1.165, 1.54) is 0 Å². The van der Waals surface area contributed by atoms with Crippen molar-refractivity contribution < 1.29 is 9.90 Å². The zero-order valence-electron chi connectivity index (χ0n) is 9.14. The van der Waals surface area contributed by atoms with Gasteiger partial charge in [0.2, 0.25) is 0 Å². The monoisotopic (exact) mass is 249 g/mol. The Morgan fingerprint density at radius 3 is 2.82 bits per heavy atom. The van der Waals surface area contributed by atoms with E-state index in [2.05, 4.69) is 0 Å². The second-order valence-corrected chi connectivity index (χ2v) is 4.90. The number of carboxylic acids is 1. The van der Waals surface area contributed by atoms with Crippen molar-refractivity contribution in [3.05, 3.63) is 35.5 Å². The van der Waals surface area contributed by atoms with E-state index in [0.29, 0.717) is 5.02 Å². The van der Waals surface area contributed by atoms with Crippen LogP contribution in [0.4, 0.5) is 0 Å². The van der Waals surface area contributed by atoms with Gasteiger partial charge in [0.1, 0.15) is 0 Å². The second kappa shape index (κ2) is 3.77. The molecule has 1 heterocycles. The molecule has 0 amide bonds. The first-order chi connectivity index (χ1) is 8.18. The van der Waals surface area contributed by atoms with Crippen LogP contribution in [-0.2, 0) is 4.79 Å². The molecule has 2 unspecified atom stereocenters. The van der Waals surface area contributed by atoms with E-state index in [1.54, 1.807) is 0 Å². The third-order valence-electron chi connectivity index (χ3n) is 3.60. The minimum atomic E-state index is -0.713. The second-order valence-electron chi connectivity index (χ2n) is 4.49. The molecule has 0 bridgehead atoms. The Bertz CT molecular complexity index is 590. The number of carbonyl (C=O) groups is 1. The molecule has 3 rings (SSSR count). The molecule has 1 saturated carbocycles. The molecule has 1 aliphatic rings. The van der Waals surface area contributed by atoms with Gasteiger partial charge in [0.25, 0.3) is 0 Å². The standard InChI is InChI=1S/C13H12ClNO2/c14-10-3-1-2-8-6-7-15(12(8)10)11-5-4-9(11)13(16)17/h1-3,6-7,9,11H,4-5H2,(H,16,17). The van der Waals surface area contributed by atoms with Gasteiger partial charge in [-0.2, -0.15) is 0 Å². The summed E-state index contributed by atoms with van der Waals surface area (Å²) in [7, 11) is 0. The Kier molecular flexibility index (Phi) is 2.37. The van der Waals surface area contributed by atoms with Crippen molar-refractivity contribution in [2.75, 3.05) is 0 Å². The highest BCUT2D eigenvalue weighted by Crippen LogP contribution is 2.41. The number of rotatable bonds is 2. The number of hydrogen-bond donors (Lipinski definition) is 1. The Labute approximate surface area is 104 Å². The van der Waals surface area contributed by atoms with Crippen LogP contribution in [0, 0.1) is 5.92 Å². The summed E-state index contributed by atoms with van der Waals surface area (Å²) in [6.45, 7) is 0. The van der Waals surface area contributed by atoms with Crippen LogP contribution in [0.3, 0.4) is 0 Å². The minimum Gasteiger partial charge on any atom is -0.481 e. The maximum atomic E-state index is 11.1. The van der Waals surface area contributed by atoms with Gasteiger partial charge >= 0.3 is 5.97 Å². The smallest absolute Gasteiger partial charge is 0.308 e. The van der Waals surface area contributed by atoms with Gasteiger partial charge in [0, 0.05) is 17.6 Å². The molecule has 1 N–H and O–H groups in total. The van der Waals surface area contributed by atoms with Crippen LogP contribution in [0.5, 0.6) is 0 Å². The highest BCUT2D eigenvalue weighted by Gasteiger charge is 2.38. The lowest BCUT2D eigenvalue weighted by molar-refractivity contribution is -0.147. The summed E-state index contributed by atoms with van der Waals surface area (Å²) in [6.07, 6.45) is 3.60. The fourth-order valence-corrected chi connectivity index (χ4v) is 2.83. The maximum Gasteiger partial charge on any atom is 0.308 e. The molecule has 4 heteroatoms. The third-order valence-corrected chi connectivity index (χ3v) is 3.91. The summed E-state index contributed by atoms with van der Waals surface area (Å²) in [5.74, 6) is -0.989. The van der Waals surface area contributed by atoms with Crippen LogP contribution in [0.25, 0.3) is 10.9 Å². The molecule has 0 spiro atoms. The third kappa shape index (κ3) is 1.53. The first-order valence-corrected chi connectivity index (χ1v) is 6.04. The molecule has 1 fully saturated rings.